The third kappa shape index (κ3) is 2.22. The molecule has 1 aliphatic carbocycles. The summed E-state index contributed by atoms with van der Waals surface area (Å²) in [5.74, 6) is 0. The van der Waals surface area contributed by atoms with Gasteiger partial charge in [0, 0.05) is 5.41 Å². The van der Waals surface area contributed by atoms with Crippen molar-refractivity contribution in [1.29, 1.82) is 0 Å². The molecule has 0 N–H and O–H groups in total. The van der Waals surface area contributed by atoms with Gasteiger partial charge in [-0.1, -0.05) is 98.8 Å². The molecule has 0 fully saturated rings. The van der Waals surface area contributed by atoms with Gasteiger partial charge in [-0.15, -0.1) is 0 Å². The minimum atomic E-state index is 0.0171. The van der Waals surface area contributed by atoms with E-state index in [2.05, 4.69) is 112 Å². The molecule has 32 heavy (non-hydrogen) atoms. The Morgan fingerprint density at radius 1 is 0.531 bits per heavy atom. The molecule has 1 aliphatic rings. The van der Waals surface area contributed by atoms with E-state index in [0.717, 1.165) is 0 Å². The van der Waals surface area contributed by atoms with Crippen LogP contribution in [0.25, 0.3) is 54.6 Å². The summed E-state index contributed by atoms with van der Waals surface area (Å²) in [6.07, 6.45) is 0. The second-order valence-electron chi connectivity index (χ2n) is 9.91. The van der Waals surface area contributed by atoms with Gasteiger partial charge in [0.05, 0.1) is 0 Å². The maximum absolute atomic E-state index is 2.44. The summed E-state index contributed by atoms with van der Waals surface area (Å²) >= 11 is 0. The number of fused-ring (bicyclic) bond motifs is 3. The highest BCUT2D eigenvalue weighted by Crippen LogP contribution is 2.50. The Bertz CT molecular complexity index is 1680. The average molecular weight is 409 g/mol. The number of hydrogen-bond donors (Lipinski definition) is 0. The van der Waals surface area contributed by atoms with Gasteiger partial charge in [-0.3, -0.25) is 0 Å². The third-order valence-electron chi connectivity index (χ3n) is 7.64. The van der Waals surface area contributed by atoms with Gasteiger partial charge in [0.25, 0.3) is 0 Å². The Morgan fingerprint density at radius 2 is 1.19 bits per heavy atom. The first-order valence-corrected chi connectivity index (χ1v) is 11.5. The van der Waals surface area contributed by atoms with Crippen LogP contribution >= 0.6 is 0 Å². The summed E-state index contributed by atoms with van der Waals surface area (Å²) in [5, 5.41) is 8.11. The molecule has 0 nitrogen and oxygen atoms in total. The number of aryl methyl sites for hydroxylation is 1. The van der Waals surface area contributed by atoms with Crippen LogP contribution in [-0.2, 0) is 5.41 Å². The largest absolute Gasteiger partial charge is 0.0619 e. The molecule has 0 heteroatoms. The normalized spacial score (nSPS) is 14.3. The molecule has 0 radical (unpaired) electrons. The Hall–Kier alpha value is -3.64. The van der Waals surface area contributed by atoms with Crippen LogP contribution < -0.4 is 0 Å². The predicted octanol–water partition coefficient (Wildman–Crippen LogP) is 8.87. The number of rotatable bonds is 1. The summed E-state index contributed by atoms with van der Waals surface area (Å²) in [7, 11) is 0. The van der Waals surface area contributed by atoms with E-state index in [4.69, 9.17) is 0 Å². The van der Waals surface area contributed by atoms with Crippen LogP contribution in [0.15, 0.2) is 91.0 Å². The molecular weight excluding hydrogens is 384 g/mol. The minimum Gasteiger partial charge on any atom is -0.0619 e. The quantitative estimate of drug-likeness (QED) is 0.238. The summed E-state index contributed by atoms with van der Waals surface area (Å²) in [6, 6.07) is 34.3. The van der Waals surface area contributed by atoms with E-state index in [1.165, 1.54) is 71.3 Å². The monoisotopic (exact) mass is 408 g/mol. The van der Waals surface area contributed by atoms with Gasteiger partial charge >= 0.3 is 0 Å². The number of hydrogen-bond acceptors (Lipinski definition) is 0. The molecule has 0 heterocycles. The van der Waals surface area contributed by atoms with Crippen LogP contribution in [-0.4, -0.2) is 0 Å². The van der Waals surface area contributed by atoms with E-state index < -0.39 is 0 Å². The molecule has 0 atom stereocenters. The average Bonchev–Trinajstić information content (AvgIpc) is 3.04. The van der Waals surface area contributed by atoms with E-state index in [9.17, 15) is 0 Å². The van der Waals surface area contributed by atoms with Crippen molar-refractivity contribution in [2.24, 2.45) is 0 Å². The zero-order valence-corrected chi connectivity index (χ0v) is 18.7. The first kappa shape index (κ1) is 18.0. The molecule has 0 unspecified atom stereocenters. The summed E-state index contributed by atoms with van der Waals surface area (Å²) in [5.41, 5.74) is 9.57. The molecule has 0 bridgehead atoms. The van der Waals surface area contributed by atoms with Crippen molar-refractivity contribution in [2.75, 3.05) is 0 Å². The van der Waals surface area contributed by atoms with Crippen molar-refractivity contribution in [3.05, 3.63) is 108 Å². The molecular formula is C32H24. The van der Waals surface area contributed by atoms with E-state index in [0.29, 0.717) is 0 Å². The highest BCUT2D eigenvalue weighted by Gasteiger charge is 2.35. The lowest BCUT2D eigenvalue weighted by molar-refractivity contribution is 0.660. The molecule has 0 spiro atoms. The Kier molecular flexibility index (Phi) is 3.36. The first-order valence-electron chi connectivity index (χ1n) is 11.5. The fourth-order valence-electron chi connectivity index (χ4n) is 6.10. The fraction of sp³-hybridized carbons (Fsp3) is 0.125. The first-order chi connectivity index (χ1) is 15.5. The van der Waals surface area contributed by atoms with Gasteiger partial charge in [-0.25, -0.2) is 0 Å². The van der Waals surface area contributed by atoms with Crippen LogP contribution in [0, 0.1) is 6.92 Å². The lowest BCUT2D eigenvalue weighted by Gasteiger charge is -2.22. The smallest absolute Gasteiger partial charge is 0.0159 e. The van der Waals surface area contributed by atoms with Gasteiger partial charge in [0.2, 0.25) is 0 Å². The summed E-state index contributed by atoms with van der Waals surface area (Å²) in [4.78, 5) is 0. The van der Waals surface area contributed by atoms with E-state index in [1.54, 1.807) is 0 Å². The zero-order chi connectivity index (χ0) is 21.6. The molecule has 0 saturated carbocycles. The second kappa shape index (κ2) is 5.99. The molecule has 152 valence electrons. The van der Waals surface area contributed by atoms with Crippen molar-refractivity contribution in [3.8, 4) is 22.3 Å². The van der Waals surface area contributed by atoms with Gasteiger partial charge in [-0.2, -0.15) is 0 Å². The van der Waals surface area contributed by atoms with Crippen molar-refractivity contribution in [3.63, 3.8) is 0 Å². The molecule has 0 aromatic heterocycles. The van der Waals surface area contributed by atoms with Crippen molar-refractivity contribution in [2.45, 2.75) is 26.2 Å². The lowest BCUT2D eigenvalue weighted by atomic mass is 9.81. The molecule has 6 aromatic rings. The van der Waals surface area contributed by atoms with Gasteiger partial charge in [0.15, 0.2) is 0 Å². The van der Waals surface area contributed by atoms with Gasteiger partial charge < -0.3 is 0 Å². The Balaban J connectivity index is 1.52. The molecule has 7 rings (SSSR count). The third-order valence-corrected chi connectivity index (χ3v) is 7.64. The van der Waals surface area contributed by atoms with Crippen molar-refractivity contribution in [1.82, 2.24) is 0 Å². The van der Waals surface area contributed by atoms with Crippen molar-refractivity contribution < 1.29 is 0 Å². The highest BCUT2D eigenvalue weighted by molar-refractivity contribution is 6.25. The van der Waals surface area contributed by atoms with Crippen LogP contribution in [0.5, 0.6) is 0 Å². The van der Waals surface area contributed by atoms with E-state index >= 15 is 0 Å². The van der Waals surface area contributed by atoms with Gasteiger partial charge in [-0.05, 0) is 84.3 Å². The standard InChI is InChI=1S/C32H24/c1-19-16-22-9-8-20-10-13-24(27-15-12-23(17-19)30(22)31(20)27)21-11-14-26-25-6-4-5-7-28(25)32(2,3)29(26)18-21/h4-18H,1-3H3. The molecule has 0 saturated heterocycles. The molecule has 0 aliphatic heterocycles. The van der Waals surface area contributed by atoms with Crippen LogP contribution in [0.2, 0.25) is 0 Å². The molecule has 0 amide bonds. The Morgan fingerprint density at radius 3 is 2.03 bits per heavy atom. The van der Waals surface area contributed by atoms with Crippen LogP contribution in [0.1, 0.15) is 30.5 Å². The summed E-state index contributed by atoms with van der Waals surface area (Å²) < 4.78 is 0. The van der Waals surface area contributed by atoms with Crippen molar-refractivity contribution >= 4 is 32.3 Å². The van der Waals surface area contributed by atoms with E-state index in [-0.39, 0.29) is 5.41 Å². The topological polar surface area (TPSA) is 0 Å². The maximum atomic E-state index is 2.44. The fourth-order valence-corrected chi connectivity index (χ4v) is 6.10. The van der Waals surface area contributed by atoms with Crippen LogP contribution in [0.3, 0.4) is 0 Å². The minimum absolute atomic E-state index is 0.0171. The van der Waals surface area contributed by atoms with Gasteiger partial charge in [0.1, 0.15) is 0 Å². The second-order valence-corrected chi connectivity index (χ2v) is 9.91. The Labute approximate surface area is 188 Å². The lowest BCUT2D eigenvalue weighted by Crippen LogP contribution is -2.14. The predicted molar refractivity (Wildman–Crippen MR) is 138 cm³/mol. The van der Waals surface area contributed by atoms with E-state index in [1.807, 2.05) is 0 Å². The maximum Gasteiger partial charge on any atom is 0.0159 e. The summed E-state index contributed by atoms with van der Waals surface area (Å²) in [6.45, 7) is 6.89. The zero-order valence-electron chi connectivity index (χ0n) is 18.7. The number of benzene rings is 6. The highest BCUT2D eigenvalue weighted by atomic mass is 14.4. The van der Waals surface area contributed by atoms with Crippen LogP contribution in [0.4, 0.5) is 0 Å². The molecule has 6 aromatic carbocycles. The SMILES string of the molecule is Cc1cc2ccc3ccc(-c4ccc5c(c4)C(C)(C)c4ccccc4-5)c4ccc(c1)c2c34.